The fraction of sp³-hybridized carbons (Fsp3) is 0.342. The van der Waals surface area contributed by atoms with Crippen molar-refractivity contribution in [2.24, 2.45) is 0 Å². The molecule has 0 spiro atoms. The van der Waals surface area contributed by atoms with Crippen molar-refractivity contribution in [1.82, 2.24) is 15.5 Å². The van der Waals surface area contributed by atoms with E-state index in [0.29, 0.717) is 28.2 Å². The topological polar surface area (TPSA) is 190 Å². The van der Waals surface area contributed by atoms with Crippen LogP contribution in [-0.2, 0) is 34.3 Å². The summed E-state index contributed by atoms with van der Waals surface area (Å²) in [7, 11) is 3.07. The number of halogens is 3. The number of aliphatic carboxylic acids is 1. The molecule has 0 bridgehead atoms. The number of carboxylic acids is 1. The molecule has 0 aromatic heterocycles. The number of carbonyl (C=O) groups is 5. The van der Waals surface area contributed by atoms with Gasteiger partial charge in [0.1, 0.15) is 41.3 Å². The van der Waals surface area contributed by atoms with E-state index in [1.807, 2.05) is 30.3 Å². The van der Waals surface area contributed by atoms with Crippen LogP contribution in [0.25, 0.3) is 0 Å². The normalized spacial score (nSPS) is 17.2. The quantitative estimate of drug-likeness (QED) is 0.0661. The van der Waals surface area contributed by atoms with Gasteiger partial charge in [0.05, 0.1) is 20.8 Å². The summed E-state index contributed by atoms with van der Waals surface area (Å²) in [6.45, 7) is -1.15. The lowest BCUT2D eigenvalue weighted by Gasteiger charge is -2.50. The molecule has 1 saturated heterocycles. The lowest BCUT2D eigenvalue weighted by molar-refractivity contribution is -0.158. The zero-order valence-corrected chi connectivity index (χ0v) is 33.1. The Morgan fingerprint density at radius 3 is 2.00 bits per heavy atom. The van der Waals surface area contributed by atoms with Crippen LogP contribution in [0.15, 0.2) is 90.1 Å². The molecule has 2 aliphatic rings. The summed E-state index contributed by atoms with van der Waals surface area (Å²) < 4.78 is 20.2. The highest BCUT2D eigenvalue weighted by Crippen LogP contribution is 2.45. The van der Waals surface area contributed by atoms with E-state index >= 15 is 0 Å². The number of carbonyl (C=O) groups excluding carboxylic acids is 4. The number of nitrogens with zero attached hydrogens (tertiary/aromatic N) is 1. The van der Waals surface area contributed by atoms with Gasteiger partial charge < -0.3 is 39.8 Å². The van der Waals surface area contributed by atoms with Gasteiger partial charge in [-0.25, -0.2) is 14.4 Å². The number of rotatable bonds is 16. The average molecular weight is 851 g/mol. The number of aliphatic hydroxyl groups is 1. The Bertz CT molecular complexity index is 1900. The minimum absolute atomic E-state index is 0.0143. The zero-order chi connectivity index (χ0) is 40.6. The first kappa shape index (κ1) is 42.5. The Morgan fingerprint density at radius 1 is 0.911 bits per heavy atom. The van der Waals surface area contributed by atoms with E-state index in [9.17, 15) is 34.2 Å². The Hall–Kier alpha value is -4.67. The number of amides is 3. The fourth-order valence-electron chi connectivity index (χ4n) is 6.28. The molecule has 3 aromatic carbocycles. The monoisotopic (exact) mass is 849 g/mol. The molecule has 0 aliphatic carbocycles. The summed E-state index contributed by atoms with van der Waals surface area (Å²) in [5, 5.41) is 24.0. The third-order valence-electron chi connectivity index (χ3n) is 9.02. The third-order valence-corrected chi connectivity index (χ3v) is 10.7. The second kappa shape index (κ2) is 18.5. The average Bonchev–Trinajstić information content (AvgIpc) is 3.20. The summed E-state index contributed by atoms with van der Waals surface area (Å²) >= 11 is 17.9. The first-order valence-electron chi connectivity index (χ1n) is 17.1. The molecule has 2 heterocycles. The number of hydrogen-bond acceptors (Lipinski definition) is 11. The molecular formula is C38H38Cl3N3O11S. The number of nitrogens with one attached hydrogen (secondary N) is 2. The highest BCUT2D eigenvalue weighted by molar-refractivity contribution is 8.00. The van der Waals surface area contributed by atoms with Gasteiger partial charge >= 0.3 is 18.0 Å². The van der Waals surface area contributed by atoms with Crippen molar-refractivity contribution in [3.63, 3.8) is 0 Å². The van der Waals surface area contributed by atoms with Crippen molar-refractivity contribution in [3.8, 4) is 11.5 Å². The van der Waals surface area contributed by atoms with E-state index in [-0.39, 0.29) is 36.3 Å². The number of benzene rings is 3. The maximum Gasteiger partial charge on any atom is 0.407 e. The lowest BCUT2D eigenvalue weighted by atomic mass is 9.80. The minimum Gasteiger partial charge on any atom is -0.497 e. The molecule has 14 nitrogen and oxygen atoms in total. The smallest absolute Gasteiger partial charge is 0.407 e. The van der Waals surface area contributed by atoms with Crippen LogP contribution in [0, 0.1) is 0 Å². The number of alkyl halides is 3. The van der Waals surface area contributed by atoms with Crippen LogP contribution in [0.4, 0.5) is 4.79 Å². The summed E-state index contributed by atoms with van der Waals surface area (Å²) in [5.74, 6) is -2.11. The van der Waals surface area contributed by atoms with Crippen molar-refractivity contribution in [3.05, 3.63) is 107 Å². The fourth-order valence-corrected chi connectivity index (χ4v) is 7.78. The largest absolute Gasteiger partial charge is 0.497 e. The molecule has 5 rings (SSSR count). The summed E-state index contributed by atoms with van der Waals surface area (Å²) in [6, 6.07) is 20.7. The minimum atomic E-state index is -1.89. The molecule has 18 heteroatoms. The second-order valence-electron chi connectivity index (χ2n) is 12.6. The van der Waals surface area contributed by atoms with Crippen LogP contribution in [-0.4, -0.2) is 99.4 Å². The number of carboxylic acid groups (broad SMARTS) is 1. The van der Waals surface area contributed by atoms with Gasteiger partial charge in [0.2, 0.25) is 9.70 Å². The van der Waals surface area contributed by atoms with E-state index in [2.05, 4.69) is 10.6 Å². The Labute approximate surface area is 341 Å². The number of fused-ring (bicyclic) bond motifs is 1. The van der Waals surface area contributed by atoms with Gasteiger partial charge in [-0.2, -0.15) is 0 Å². The van der Waals surface area contributed by atoms with Crippen molar-refractivity contribution < 1.29 is 53.1 Å². The Balaban J connectivity index is 1.35. The van der Waals surface area contributed by atoms with Crippen molar-refractivity contribution >= 4 is 76.4 Å². The van der Waals surface area contributed by atoms with Gasteiger partial charge in [-0.05, 0) is 42.7 Å². The number of methoxy groups -OCH3 is 2. The van der Waals surface area contributed by atoms with Gasteiger partial charge in [-0.3, -0.25) is 14.5 Å². The predicted molar refractivity (Wildman–Crippen MR) is 208 cm³/mol. The van der Waals surface area contributed by atoms with Crippen molar-refractivity contribution in [1.29, 1.82) is 0 Å². The van der Waals surface area contributed by atoms with Crippen LogP contribution < -0.4 is 20.1 Å². The maximum atomic E-state index is 14.6. The second-order valence-corrected chi connectivity index (χ2v) is 16.2. The molecule has 1 fully saturated rings. The predicted octanol–water partition coefficient (Wildman–Crippen LogP) is 4.91. The summed E-state index contributed by atoms with van der Waals surface area (Å²) in [4.78, 5) is 66.2. The van der Waals surface area contributed by atoms with E-state index in [1.165, 1.54) is 30.9 Å². The molecule has 3 atom stereocenters. The maximum absolute atomic E-state index is 14.6. The van der Waals surface area contributed by atoms with Crippen molar-refractivity contribution in [2.45, 2.75) is 46.1 Å². The number of thioether (sulfide) groups is 1. The van der Waals surface area contributed by atoms with Gasteiger partial charge in [0.15, 0.2) is 5.60 Å². The molecule has 298 valence electrons. The van der Waals surface area contributed by atoms with E-state index in [1.54, 1.807) is 48.5 Å². The van der Waals surface area contributed by atoms with Crippen LogP contribution in [0.3, 0.4) is 0 Å². The van der Waals surface area contributed by atoms with Gasteiger partial charge in [-0.1, -0.05) is 89.4 Å². The van der Waals surface area contributed by atoms with Crippen LogP contribution in [0.2, 0.25) is 0 Å². The molecule has 3 amide bonds. The number of hydrogen-bond donors (Lipinski definition) is 4. The molecule has 4 N–H and O–H groups in total. The molecule has 56 heavy (non-hydrogen) atoms. The molecular weight excluding hydrogens is 813 g/mol. The van der Waals surface area contributed by atoms with Crippen LogP contribution in [0.1, 0.15) is 36.0 Å². The van der Waals surface area contributed by atoms with E-state index in [4.69, 9.17) is 53.8 Å². The first-order chi connectivity index (χ1) is 26.7. The number of alkyl carbamates (subject to hydrolysis) is 1. The summed E-state index contributed by atoms with van der Waals surface area (Å²) in [5.41, 5.74) is 0.295. The third kappa shape index (κ3) is 9.64. The van der Waals surface area contributed by atoms with Gasteiger partial charge in [0.25, 0.3) is 5.91 Å². The van der Waals surface area contributed by atoms with Gasteiger partial charge in [0, 0.05) is 28.9 Å². The molecule has 0 saturated carbocycles. The highest BCUT2D eigenvalue weighted by atomic mass is 35.6. The zero-order valence-electron chi connectivity index (χ0n) is 30.0. The molecule has 0 radical (unpaired) electrons. The number of esters is 1. The highest BCUT2D eigenvalue weighted by Gasteiger charge is 2.55. The number of ether oxygens (including phenoxy) is 4. The van der Waals surface area contributed by atoms with Gasteiger partial charge in [-0.15, -0.1) is 11.8 Å². The Kier molecular flexibility index (Phi) is 14.0. The SMILES string of the molecule is COc1ccc(C(OC(=O)C2=C(CO)CS[C@@H]3[C@H](NC(=O)CCC[C@@H](NC(=O)OCC(Cl)(Cl)Cl)C(=O)O)C(=O)N23)(c2ccccc2)c2ccc(OC)cc2)cc1. The van der Waals surface area contributed by atoms with Crippen LogP contribution >= 0.6 is 46.6 Å². The summed E-state index contributed by atoms with van der Waals surface area (Å²) in [6.07, 6.45) is -1.45. The van der Waals surface area contributed by atoms with Crippen molar-refractivity contribution in [2.75, 3.05) is 33.2 Å². The lowest BCUT2D eigenvalue weighted by Crippen LogP contribution is -2.70. The number of β-lactam (4-membered cyclic amide) rings is 1. The standard InChI is InChI=1S/C38H38Cl3N3O11S/c1-52-26-15-11-24(12-16-26)38(23-7-4-3-5-8-23,25-13-17-27(53-2)18-14-25)55-35(50)31-22(19-45)20-56-33-30(32(47)44(31)33)43-29(46)10-6-9-28(34(48)49)42-36(51)54-21-37(39,40)41/h3-5,7-8,11-18,28,30,33,45H,6,9-10,19-21H2,1-2H3,(H,42,51)(H,43,46)(H,48,49)/t28-,30-,33-/m1/s1. The van der Waals surface area contributed by atoms with E-state index < -0.39 is 69.9 Å². The van der Waals surface area contributed by atoms with E-state index in [0.717, 1.165) is 0 Å². The first-order valence-corrected chi connectivity index (χ1v) is 19.3. The Morgan fingerprint density at radius 2 is 1.48 bits per heavy atom. The molecule has 2 aliphatic heterocycles. The molecule has 3 aromatic rings. The van der Waals surface area contributed by atoms with Crippen LogP contribution in [0.5, 0.6) is 11.5 Å². The molecule has 0 unspecified atom stereocenters. The number of aliphatic hydroxyl groups excluding tert-OH is 1.